The molecule has 2 heteroatoms. The Hall–Kier alpha value is -1.30. The summed E-state index contributed by atoms with van der Waals surface area (Å²) in [6.45, 7) is 2.73. The quantitative estimate of drug-likeness (QED) is 0.802. The van der Waals surface area contributed by atoms with Crippen molar-refractivity contribution < 1.29 is 5.11 Å². The molecular weight excluding hydrogens is 210 g/mol. The minimum Gasteiger partial charge on any atom is -0.388 e. The number of hydrogen-bond donors (Lipinski definition) is 1. The van der Waals surface area contributed by atoms with Crippen molar-refractivity contribution in [2.75, 3.05) is 19.6 Å². The summed E-state index contributed by atoms with van der Waals surface area (Å²) in [6.07, 6.45) is 7.03. The van der Waals surface area contributed by atoms with Gasteiger partial charge < -0.3 is 5.11 Å². The zero-order valence-corrected chi connectivity index (χ0v) is 10.0. The fourth-order valence-electron chi connectivity index (χ4n) is 2.48. The molecule has 1 aliphatic rings. The molecule has 2 rings (SSSR count). The number of nitrogens with zero attached hydrogens (tertiary/aromatic N) is 1. The van der Waals surface area contributed by atoms with E-state index in [9.17, 15) is 5.11 Å². The Kier molecular flexibility index (Phi) is 4.19. The smallest absolute Gasteiger partial charge is 0.0819 e. The van der Waals surface area contributed by atoms with Gasteiger partial charge in [-0.3, -0.25) is 4.90 Å². The number of terminal acetylenes is 1. The predicted octanol–water partition coefficient (Wildman–Crippen LogP) is 2.07. The predicted molar refractivity (Wildman–Crippen MR) is 69.4 cm³/mol. The Morgan fingerprint density at radius 2 is 1.94 bits per heavy atom. The second-order valence-electron chi connectivity index (χ2n) is 4.67. The highest BCUT2D eigenvalue weighted by Crippen LogP contribution is 2.30. The summed E-state index contributed by atoms with van der Waals surface area (Å²) >= 11 is 0. The van der Waals surface area contributed by atoms with Crippen LogP contribution in [0.5, 0.6) is 0 Å². The molecule has 1 N–H and O–H groups in total. The van der Waals surface area contributed by atoms with Crippen molar-refractivity contribution in [3.8, 4) is 12.3 Å². The number of hydrogen-bond acceptors (Lipinski definition) is 2. The van der Waals surface area contributed by atoms with Gasteiger partial charge in [-0.2, -0.15) is 0 Å². The van der Waals surface area contributed by atoms with Crippen molar-refractivity contribution >= 4 is 0 Å². The highest BCUT2D eigenvalue weighted by Gasteiger charge is 2.25. The maximum atomic E-state index is 10.3. The first-order valence-electron chi connectivity index (χ1n) is 6.20. The Bertz CT molecular complexity index is 374. The summed E-state index contributed by atoms with van der Waals surface area (Å²) in [6, 6.07) is 9.93. The van der Waals surface area contributed by atoms with E-state index in [1.54, 1.807) is 0 Å². The van der Waals surface area contributed by atoms with Gasteiger partial charge in [-0.15, -0.1) is 6.42 Å². The zero-order valence-electron chi connectivity index (χ0n) is 10.0. The van der Waals surface area contributed by atoms with Gasteiger partial charge in [0.05, 0.1) is 12.6 Å². The fraction of sp³-hybridized carbons (Fsp3) is 0.467. The van der Waals surface area contributed by atoms with E-state index in [2.05, 4.69) is 10.8 Å². The van der Waals surface area contributed by atoms with E-state index in [1.165, 1.54) is 0 Å². The lowest BCUT2D eigenvalue weighted by Gasteiger charge is -2.33. The van der Waals surface area contributed by atoms with Gasteiger partial charge in [0, 0.05) is 0 Å². The van der Waals surface area contributed by atoms with Crippen LogP contribution >= 0.6 is 0 Å². The molecule has 1 atom stereocenters. The van der Waals surface area contributed by atoms with Crippen LogP contribution in [0.3, 0.4) is 0 Å². The molecule has 1 aliphatic heterocycles. The average Bonchev–Trinajstić information content (AvgIpc) is 2.40. The largest absolute Gasteiger partial charge is 0.388 e. The zero-order chi connectivity index (χ0) is 12.1. The normalized spacial score (nSPS) is 19.8. The molecule has 90 valence electrons. The third kappa shape index (κ3) is 3.09. The van der Waals surface area contributed by atoms with Gasteiger partial charge in [0.15, 0.2) is 0 Å². The van der Waals surface area contributed by atoms with Crippen LogP contribution in [-0.4, -0.2) is 29.6 Å². The number of aliphatic hydroxyl groups excluding tert-OH is 1. The molecule has 1 heterocycles. The molecule has 1 aromatic carbocycles. The van der Waals surface area contributed by atoms with Gasteiger partial charge in [-0.25, -0.2) is 0 Å². The Labute approximate surface area is 103 Å². The molecule has 1 fully saturated rings. The Morgan fingerprint density at radius 1 is 1.29 bits per heavy atom. The Morgan fingerprint density at radius 3 is 2.53 bits per heavy atom. The van der Waals surface area contributed by atoms with E-state index >= 15 is 0 Å². The van der Waals surface area contributed by atoms with Crippen LogP contribution in [0.2, 0.25) is 0 Å². The molecule has 17 heavy (non-hydrogen) atoms. The Balaban J connectivity index is 1.91. The molecule has 1 aromatic rings. The first-order valence-corrected chi connectivity index (χ1v) is 6.20. The van der Waals surface area contributed by atoms with E-state index in [4.69, 9.17) is 6.42 Å². The van der Waals surface area contributed by atoms with E-state index in [-0.39, 0.29) is 6.10 Å². The van der Waals surface area contributed by atoms with Crippen molar-refractivity contribution in [3.63, 3.8) is 0 Å². The van der Waals surface area contributed by atoms with E-state index in [0.29, 0.717) is 5.92 Å². The lowest BCUT2D eigenvalue weighted by atomic mass is 9.87. The fourth-order valence-corrected chi connectivity index (χ4v) is 2.48. The van der Waals surface area contributed by atoms with Crippen LogP contribution < -0.4 is 0 Å². The van der Waals surface area contributed by atoms with Gasteiger partial charge in [0.1, 0.15) is 0 Å². The van der Waals surface area contributed by atoms with Gasteiger partial charge in [-0.1, -0.05) is 36.3 Å². The topological polar surface area (TPSA) is 23.5 Å². The van der Waals surface area contributed by atoms with Crippen LogP contribution in [0, 0.1) is 18.3 Å². The lowest BCUT2D eigenvalue weighted by Crippen LogP contribution is -2.35. The molecule has 0 radical (unpaired) electrons. The van der Waals surface area contributed by atoms with E-state index in [1.807, 2.05) is 30.3 Å². The van der Waals surface area contributed by atoms with Crippen LogP contribution in [-0.2, 0) is 0 Å². The summed E-state index contributed by atoms with van der Waals surface area (Å²) in [5, 5.41) is 10.3. The summed E-state index contributed by atoms with van der Waals surface area (Å²) in [5.74, 6) is 3.04. The molecular formula is C15H19NO. The lowest BCUT2D eigenvalue weighted by molar-refractivity contribution is 0.0626. The number of rotatable bonds is 3. The van der Waals surface area contributed by atoms with Crippen molar-refractivity contribution in [3.05, 3.63) is 35.9 Å². The first-order chi connectivity index (χ1) is 8.31. The van der Waals surface area contributed by atoms with Crippen LogP contribution in [0.15, 0.2) is 30.3 Å². The third-order valence-corrected chi connectivity index (χ3v) is 3.53. The molecule has 1 unspecified atom stereocenters. The highest BCUT2D eigenvalue weighted by atomic mass is 16.3. The van der Waals surface area contributed by atoms with Gasteiger partial charge in [-0.05, 0) is 37.4 Å². The number of piperidine rings is 1. The molecule has 0 saturated carbocycles. The van der Waals surface area contributed by atoms with Crippen molar-refractivity contribution in [1.29, 1.82) is 0 Å². The minimum atomic E-state index is -0.329. The SMILES string of the molecule is C#CCN1CCC(C(O)c2ccccc2)CC1. The first kappa shape index (κ1) is 12.2. The monoisotopic (exact) mass is 229 g/mol. The minimum absolute atomic E-state index is 0.329. The maximum absolute atomic E-state index is 10.3. The molecule has 0 spiro atoms. The maximum Gasteiger partial charge on any atom is 0.0819 e. The molecule has 0 aliphatic carbocycles. The summed E-state index contributed by atoms with van der Waals surface area (Å²) < 4.78 is 0. The molecule has 0 bridgehead atoms. The van der Waals surface area contributed by atoms with Crippen LogP contribution in [0.4, 0.5) is 0 Å². The second kappa shape index (κ2) is 5.86. The van der Waals surface area contributed by atoms with Crippen molar-refractivity contribution in [2.45, 2.75) is 18.9 Å². The summed E-state index contributed by atoms with van der Waals surface area (Å²) in [5.41, 5.74) is 1.03. The van der Waals surface area contributed by atoms with Crippen LogP contribution in [0.1, 0.15) is 24.5 Å². The van der Waals surface area contributed by atoms with Crippen LogP contribution in [0.25, 0.3) is 0 Å². The van der Waals surface area contributed by atoms with E-state index in [0.717, 1.165) is 38.0 Å². The number of aliphatic hydroxyl groups is 1. The van der Waals surface area contributed by atoms with Gasteiger partial charge in [0.25, 0.3) is 0 Å². The second-order valence-corrected chi connectivity index (χ2v) is 4.67. The summed E-state index contributed by atoms with van der Waals surface area (Å²) in [7, 11) is 0. The number of benzene rings is 1. The molecule has 2 nitrogen and oxygen atoms in total. The highest BCUT2D eigenvalue weighted by molar-refractivity contribution is 5.18. The van der Waals surface area contributed by atoms with E-state index < -0.39 is 0 Å². The summed E-state index contributed by atoms with van der Waals surface area (Å²) in [4.78, 5) is 2.27. The van der Waals surface area contributed by atoms with Crippen molar-refractivity contribution in [1.82, 2.24) is 4.90 Å². The molecule has 0 aromatic heterocycles. The van der Waals surface area contributed by atoms with Crippen molar-refractivity contribution in [2.24, 2.45) is 5.92 Å². The van der Waals surface area contributed by atoms with Gasteiger partial charge in [0.2, 0.25) is 0 Å². The standard InChI is InChI=1S/C15H19NO/c1-2-10-16-11-8-14(9-12-16)15(17)13-6-4-3-5-7-13/h1,3-7,14-15,17H,8-12H2. The average molecular weight is 229 g/mol. The molecule has 1 saturated heterocycles. The van der Waals surface area contributed by atoms with Gasteiger partial charge >= 0.3 is 0 Å². The number of likely N-dealkylation sites (tertiary alicyclic amines) is 1. The third-order valence-electron chi connectivity index (χ3n) is 3.53. The molecule has 0 amide bonds.